The number of fused-ring (bicyclic) bond motifs is 1. The number of anilines is 2. The van der Waals surface area contributed by atoms with Gasteiger partial charge in [-0.05, 0) is 68.1 Å². The first-order chi connectivity index (χ1) is 19.9. The molecule has 212 valence electrons. The number of nitrogens with zero attached hydrogens (tertiary/aromatic N) is 6. The van der Waals surface area contributed by atoms with Crippen molar-refractivity contribution in [1.82, 2.24) is 24.9 Å². The highest BCUT2D eigenvalue weighted by Gasteiger charge is 2.29. The minimum atomic E-state index is -0.833. The normalized spacial score (nSPS) is 19.5. The molecule has 0 aliphatic carbocycles. The molecule has 41 heavy (non-hydrogen) atoms. The van der Waals surface area contributed by atoms with Gasteiger partial charge < -0.3 is 19.9 Å². The zero-order chi connectivity index (χ0) is 28.5. The number of ether oxygens (including phenoxy) is 1. The first kappa shape index (κ1) is 26.7. The molecule has 1 amide bonds. The Morgan fingerprint density at radius 2 is 1.93 bits per heavy atom. The summed E-state index contributed by atoms with van der Waals surface area (Å²) in [7, 11) is 0. The number of hydrogen-bond acceptors (Lipinski definition) is 8. The molecule has 2 fully saturated rings. The van der Waals surface area contributed by atoms with E-state index in [0.29, 0.717) is 12.2 Å². The van der Waals surface area contributed by atoms with Gasteiger partial charge in [0.15, 0.2) is 11.8 Å². The Hall–Kier alpha value is -4.54. The molecule has 4 aromatic rings. The fourth-order valence-corrected chi connectivity index (χ4v) is 5.74. The Morgan fingerprint density at radius 1 is 1.07 bits per heavy atom. The van der Waals surface area contributed by atoms with Crippen molar-refractivity contribution in [3.8, 4) is 11.4 Å². The van der Waals surface area contributed by atoms with E-state index in [1.807, 2.05) is 40.9 Å². The average molecular weight is 558 g/mol. The molecule has 2 aliphatic heterocycles. The molecule has 6 rings (SSSR count). The second kappa shape index (κ2) is 11.1. The number of benzene rings is 1. The van der Waals surface area contributed by atoms with Crippen LogP contribution in [0.5, 0.6) is 0 Å². The Kier molecular flexibility index (Phi) is 7.25. The van der Waals surface area contributed by atoms with Gasteiger partial charge in [-0.1, -0.05) is 18.2 Å². The molecule has 3 atom stereocenters. The Balaban J connectivity index is 1.21. The van der Waals surface area contributed by atoms with E-state index in [1.165, 1.54) is 13.0 Å². The van der Waals surface area contributed by atoms with Crippen LogP contribution in [0.15, 0.2) is 60.8 Å². The molecule has 1 unspecified atom stereocenters. The maximum atomic E-state index is 14.0. The molecule has 2 saturated heterocycles. The molecule has 2 aliphatic rings. The van der Waals surface area contributed by atoms with Crippen molar-refractivity contribution in [3.05, 3.63) is 72.2 Å². The summed E-state index contributed by atoms with van der Waals surface area (Å²) in [6.07, 6.45) is 3.63. The van der Waals surface area contributed by atoms with E-state index in [0.717, 1.165) is 60.9 Å². The van der Waals surface area contributed by atoms with Crippen molar-refractivity contribution >= 4 is 29.2 Å². The van der Waals surface area contributed by atoms with E-state index in [-0.39, 0.29) is 23.8 Å². The maximum Gasteiger partial charge on any atom is 0.303 e. The van der Waals surface area contributed by atoms with Crippen LogP contribution in [-0.2, 0) is 14.3 Å². The minimum Gasteiger partial charge on any atom is -0.453 e. The summed E-state index contributed by atoms with van der Waals surface area (Å²) < 4.78 is 20.8. The first-order valence-electron chi connectivity index (χ1n) is 13.9. The highest BCUT2D eigenvalue weighted by atomic mass is 19.1. The van der Waals surface area contributed by atoms with Crippen molar-refractivity contribution in [2.24, 2.45) is 0 Å². The SMILES string of the molecule is CC(=O)OC(C)C(=O)N[C@@H]1CCN(c2cccc(-c3cnc4ccc(N5CCC[C@@H]5c5cccc(F)c5)nn34)n2)C1. The van der Waals surface area contributed by atoms with Crippen LogP contribution in [0.2, 0.25) is 0 Å². The highest BCUT2D eigenvalue weighted by molar-refractivity contribution is 5.83. The van der Waals surface area contributed by atoms with Crippen LogP contribution in [0, 0.1) is 5.82 Å². The molecule has 3 aromatic heterocycles. The number of hydrogen-bond donors (Lipinski definition) is 1. The third-order valence-electron chi connectivity index (χ3n) is 7.70. The van der Waals surface area contributed by atoms with Gasteiger partial charge in [0.25, 0.3) is 5.91 Å². The molecule has 1 aromatic carbocycles. The van der Waals surface area contributed by atoms with Crippen LogP contribution >= 0.6 is 0 Å². The van der Waals surface area contributed by atoms with E-state index in [1.54, 1.807) is 25.3 Å². The van der Waals surface area contributed by atoms with Gasteiger partial charge >= 0.3 is 5.97 Å². The van der Waals surface area contributed by atoms with E-state index >= 15 is 0 Å². The molecule has 11 heteroatoms. The van der Waals surface area contributed by atoms with Crippen molar-refractivity contribution in [1.29, 1.82) is 0 Å². The number of carbonyl (C=O) groups is 2. The van der Waals surface area contributed by atoms with Gasteiger partial charge in [0.2, 0.25) is 0 Å². The summed E-state index contributed by atoms with van der Waals surface area (Å²) in [5, 5.41) is 7.92. The number of pyridine rings is 1. The van der Waals surface area contributed by atoms with Gasteiger partial charge in [0.05, 0.1) is 17.9 Å². The number of imidazole rings is 1. The second-order valence-electron chi connectivity index (χ2n) is 10.6. The van der Waals surface area contributed by atoms with Gasteiger partial charge in [-0.25, -0.2) is 18.9 Å². The number of halogens is 1. The molecule has 5 heterocycles. The Labute approximate surface area is 237 Å². The Morgan fingerprint density at radius 3 is 2.76 bits per heavy atom. The van der Waals surface area contributed by atoms with Gasteiger partial charge in [-0.3, -0.25) is 9.59 Å². The predicted molar refractivity (Wildman–Crippen MR) is 152 cm³/mol. The highest BCUT2D eigenvalue weighted by Crippen LogP contribution is 2.36. The molecular formula is C30H32FN7O3. The largest absolute Gasteiger partial charge is 0.453 e. The molecule has 0 bridgehead atoms. The topological polar surface area (TPSA) is 105 Å². The number of carbonyl (C=O) groups excluding carboxylic acids is 2. The minimum absolute atomic E-state index is 0.0599. The number of amides is 1. The lowest BCUT2D eigenvalue weighted by Gasteiger charge is -2.26. The summed E-state index contributed by atoms with van der Waals surface area (Å²) in [6.45, 7) is 5.02. The first-order valence-corrected chi connectivity index (χ1v) is 13.9. The van der Waals surface area contributed by atoms with E-state index in [2.05, 4.69) is 20.1 Å². The Bertz CT molecular complexity index is 1590. The molecule has 0 spiro atoms. The summed E-state index contributed by atoms with van der Waals surface area (Å²) in [6, 6.07) is 16.5. The fourth-order valence-electron chi connectivity index (χ4n) is 5.74. The van der Waals surface area contributed by atoms with Crippen LogP contribution in [0.25, 0.3) is 17.0 Å². The number of aromatic nitrogens is 4. The van der Waals surface area contributed by atoms with Gasteiger partial charge in [-0.15, -0.1) is 5.10 Å². The molecule has 0 radical (unpaired) electrons. The van der Waals surface area contributed by atoms with Crippen LogP contribution in [0.4, 0.5) is 16.0 Å². The monoisotopic (exact) mass is 557 g/mol. The molecule has 0 saturated carbocycles. The summed E-state index contributed by atoms with van der Waals surface area (Å²) in [5.41, 5.74) is 3.16. The summed E-state index contributed by atoms with van der Waals surface area (Å²) in [5.74, 6) is 0.579. The zero-order valence-electron chi connectivity index (χ0n) is 23.0. The second-order valence-corrected chi connectivity index (χ2v) is 10.6. The number of esters is 1. The quantitative estimate of drug-likeness (QED) is 0.341. The predicted octanol–water partition coefficient (Wildman–Crippen LogP) is 3.92. The van der Waals surface area contributed by atoms with Crippen molar-refractivity contribution in [2.75, 3.05) is 29.4 Å². The van der Waals surface area contributed by atoms with Gasteiger partial charge in [0, 0.05) is 32.6 Å². The third-order valence-corrected chi connectivity index (χ3v) is 7.70. The van der Waals surface area contributed by atoms with E-state index < -0.39 is 12.1 Å². The molecule has 10 nitrogen and oxygen atoms in total. The lowest BCUT2D eigenvalue weighted by molar-refractivity contribution is -0.152. The smallest absolute Gasteiger partial charge is 0.303 e. The zero-order valence-corrected chi connectivity index (χ0v) is 23.0. The van der Waals surface area contributed by atoms with Crippen LogP contribution < -0.4 is 15.1 Å². The van der Waals surface area contributed by atoms with Crippen LogP contribution in [-0.4, -0.2) is 63.2 Å². The van der Waals surface area contributed by atoms with Crippen LogP contribution in [0.1, 0.15) is 44.7 Å². The summed E-state index contributed by atoms with van der Waals surface area (Å²) in [4.78, 5) is 37.4. The van der Waals surface area contributed by atoms with Crippen LogP contribution in [0.3, 0.4) is 0 Å². The van der Waals surface area contributed by atoms with Gasteiger partial charge in [-0.2, -0.15) is 0 Å². The van der Waals surface area contributed by atoms with E-state index in [4.69, 9.17) is 14.8 Å². The van der Waals surface area contributed by atoms with Crippen molar-refractivity contribution in [2.45, 2.75) is 51.3 Å². The standard InChI is InChI=1S/C30H32FN7O3/c1-19(41-20(2)39)30(40)33-23-13-15-36(18-23)28-10-4-8-24(34-28)26-17-32-27-11-12-29(35-38(26)27)37-14-5-9-25(37)21-6-3-7-22(31)16-21/h3-4,6-8,10-12,16-17,19,23,25H,5,9,13-15,18H2,1-2H3,(H,33,40)/t19?,23-,25-/m1/s1. The fraction of sp³-hybridized carbons (Fsp3) is 0.367. The lowest BCUT2D eigenvalue weighted by Crippen LogP contribution is -2.43. The average Bonchev–Trinajstić information content (AvgIpc) is 3.72. The van der Waals surface area contributed by atoms with Crippen molar-refractivity contribution in [3.63, 3.8) is 0 Å². The summed E-state index contributed by atoms with van der Waals surface area (Å²) >= 11 is 0. The molecular weight excluding hydrogens is 525 g/mol. The van der Waals surface area contributed by atoms with E-state index in [9.17, 15) is 14.0 Å². The van der Waals surface area contributed by atoms with Crippen molar-refractivity contribution < 1.29 is 18.7 Å². The number of rotatable bonds is 7. The maximum absolute atomic E-state index is 14.0. The lowest BCUT2D eigenvalue weighted by atomic mass is 10.0. The number of nitrogens with one attached hydrogen (secondary N) is 1. The third kappa shape index (κ3) is 5.57. The molecule has 1 N–H and O–H groups in total. The van der Waals surface area contributed by atoms with Gasteiger partial charge in [0.1, 0.15) is 23.1 Å².